The SMILES string of the molecule is COCC(CNc1ncc(Br)cc1Cl)OC. The lowest BCUT2D eigenvalue weighted by atomic mass is 10.3. The second kappa shape index (κ2) is 7.06. The number of halogens is 2. The largest absolute Gasteiger partial charge is 0.382 e. The lowest BCUT2D eigenvalue weighted by Gasteiger charge is -2.15. The molecule has 0 aromatic carbocycles. The number of nitrogens with one attached hydrogen (secondary N) is 1. The van der Waals surface area contributed by atoms with Gasteiger partial charge >= 0.3 is 0 Å². The number of anilines is 1. The summed E-state index contributed by atoms with van der Waals surface area (Å²) >= 11 is 9.30. The van der Waals surface area contributed by atoms with Gasteiger partial charge in [-0.3, -0.25) is 0 Å². The van der Waals surface area contributed by atoms with E-state index in [-0.39, 0.29) is 6.10 Å². The third-order valence-corrected chi connectivity index (χ3v) is 2.71. The molecule has 0 aliphatic heterocycles. The molecule has 1 atom stereocenters. The van der Waals surface area contributed by atoms with E-state index in [1.54, 1.807) is 26.5 Å². The average Bonchev–Trinajstić information content (AvgIpc) is 2.26. The number of nitrogens with zero attached hydrogens (tertiary/aromatic N) is 1. The molecule has 0 fully saturated rings. The number of hydrogen-bond donors (Lipinski definition) is 1. The quantitative estimate of drug-likeness (QED) is 0.877. The summed E-state index contributed by atoms with van der Waals surface area (Å²) < 4.78 is 11.1. The highest BCUT2D eigenvalue weighted by Crippen LogP contribution is 2.22. The van der Waals surface area contributed by atoms with Gasteiger partial charge in [-0.25, -0.2) is 4.98 Å². The standard InChI is InChI=1S/C10H14BrClN2O2/c1-15-6-8(16-2)5-14-10-9(12)3-7(11)4-13-10/h3-4,8H,5-6H2,1-2H3,(H,13,14). The maximum atomic E-state index is 6.01. The molecule has 90 valence electrons. The molecule has 0 spiro atoms. The molecule has 0 bridgehead atoms. The molecule has 16 heavy (non-hydrogen) atoms. The van der Waals surface area contributed by atoms with Crippen molar-refractivity contribution in [3.8, 4) is 0 Å². The average molecular weight is 310 g/mol. The smallest absolute Gasteiger partial charge is 0.144 e. The van der Waals surface area contributed by atoms with Crippen LogP contribution in [-0.4, -0.2) is 38.5 Å². The van der Waals surface area contributed by atoms with Crippen LogP contribution in [0, 0.1) is 0 Å². The Morgan fingerprint density at radius 3 is 2.88 bits per heavy atom. The lowest BCUT2D eigenvalue weighted by Crippen LogP contribution is -2.26. The predicted molar refractivity (Wildman–Crippen MR) is 68.1 cm³/mol. The van der Waals surface area contributed by atoms with Crippen molar-refractivity contribution in [3.05, 3.63) is 21.8 Å². The van der Waals surface area contributed by atoms with Gasteiger partial charge in [0.25, 0.3) is 0 Å². The molecule has 1 aromatic heterocycles. The van der Waals surface area contributed by atoms with Crippen LogP contribution in [0.25, 0.3) is 0 Å². The molecule has 0 radical (unpaired) electrons. The van der Waals surface area contributed by atoms with Gasteiger partial charge in [0, 0.05) is 31.4 Å². The van der Waals surface area contributed by atoms with Gasteiger partial charge in [0.05, 0.1) is 17.7 Å². The Balaban J connectivity index is 2.53. The van der Waals surface area contributed by atoms with Crippen molar-refractivity contribution in [1.82, 2.24) is 4.98 Å². The van der Waals surface area contributed by atoms with Gasteiger partial charge < -0.3 is 14.8 Å². The fourth-order valence-electron chi connectivity index (χ4n) is 1.15. The van der Waals surface area contributed by atoms with E-state index in [4.69, 9.17) is 21.1 Å². The van der Waals surface area contributed by atoms with E-state index in [2.05, 4.69) is 26.2 Å². The Hall–Kier alpha value is -0.360. The Kier molecular flexibility index (Phi) is 6.05. The fraction of sp³-hybridized carbons (Fsp3) is 0.500. The van der Waals surface area contributed by atoms with Crippen LogP contribution in [0.3, 0.4) is 0 Å². The van der Waals surface area contributed by atoms with Gasteiger partial charge in [0.2, 0.25) is 0 Å². The van der Waals surface area contributed by atoms with Crippen molar-refractivity contribution in [2.45, 2.75) is 6.10 Å². The zero-order valence-corrected chi connectivity index (χ0v) is 11.5. The summed E-state index contributed by atoms with van der Waals surface area (Å²) in [6, 6.07) is 1.79. The van der Waals surface area contributed by atoms with Gasteiger partial charge in [-0.15, -0.1) is 0 Å². The molecule has 0 aliphatic rings. The number of aromatic nitrogens is 1. The van der Waals surface area contributed by atoms with Crippen LogP contribution in [0.15, 0.2) is 16.7 Å². The van der Waals surface area contributed by atoms with Crippen LogP contribution in [0.1, 0.15) is 0 Å². The Morgan fingerprint density at radius 2 is 2.31 bits per heavy atom. The van der Waals surface area contributed by atoms with Gasteiger partial charge in [-0.1, -0.05) is 11.6 Å². The molecule has 6 heteroatoms. The third kappa shape index (κ3) is 4.25. The summed E-state index contributed by atoms with van der Waals surface area (Å²) in [5.41, 5.74) is 0. The van der Waals surface area contributed by atoms with Gasteiger partial charge in [0.15, 0.2) is 0 Å². The van der Waals surface area contributed by atoms with E-state index in [1.165, 1.54) is 0 Å². The third-order valence-electron chi connectivity index (χ3n) is 1.99. The minimum absolute atomic E-state index is 0.0217. The summed E-state index contributed by atoms with van der Waals surface area (Å²) in [4.78, 5) is 4.16. The van der Waals surface area contributed by atoms with Crippen molar-refractivity contribution >= 4 is 33.3 Å². The summed E-state index contributed by atoms with van der Waals surface area (Å²) in [6.45, 7) is 1.12. The topological polar surface area (TPSA) is 43.4 Å². The molecule has 1 aromatic rings. The van der Waals surface area contributed by atoms with Crippen LogP contribution in [0.4, 0.5) is 5.82 Å². The van der Waals surface area contributed by atoms with Gasteiger partial charge in [-0.05, 0) is 22.0 Å². The summed E-state index contributed by atoms with van der Waals surface area (Å²) in [5.74, 6) is 0.642. The molecule has 0 saturated heterocycles. The first-order valence-corrected chi connectivity index (χ1v) is 5.91. The van der Waals surface area contributed by atoms with Crippen molar-refractivity contribution in [3.63, 3.8) is 0 Å². The Morgan fingerprint density at radius 1 is 1.56 bits per heavy atom. The monoisotopic (exact) mass is 308 g/mol. The first-order chi connectivity index (χ1) is 7.67. The zero-order chi connectivity index (χ0) is 12.0. The maximum Gasteiger partial charge on any atom is 0.144 e. The maximum absolute atomic E-state index is 6.01. The highest BCUT2D eigenvalue weighted by Gasteiger charge is 2.08. The van der Waals surface area contributed by atoms with Crippen LogP contribution >= 0.6 is 27.5 Å². The Labute approximate surface area is 108 Å². The highest BCUT2D eigenvalue weighted by molar-refractivity contribution is 9.10. The van der Waals surface area contributed by atoms with Crippen LogP contribution in [-0.2, 0) is 9.47 Å². The number of pyridine rings is 1. The number of methoxy groups -OCH3 is 2. The van der Waals surface area contributed by atoms with Crippen molar-refractivity contribution in [2.75, 3.05) is 32.7 Å². The first-order valence-electron chi connectivity index (χ1n) is 4.74. The second-order valence-electron chi connectivity index (χ2n) is 3.18. The summed E-state index contributed by atoms with van der Waals surface area (Å²) in [7, 11) is 3.28. The zero-order valence-electron chi connectivity index (χ0n) is 9.17. The molecule has 0 amide bonds. The van der Waals surface area contributed by atoms with E-state index in [0.717, 1.165) is 4.47 Å². The van der Waals surface area contributed by atoms with E-state index in [9.17, 15) is 0 Å². The molecule has 1 rings (SSSR count). The minimum atomic E-state index is -0.0217. The van der Waals surface area contributed by atoms with Crippen LogP contribution in [0.5, 0.6) is 0 Å². The van der Waals surface area contributed by atoms with Crippen LogP contribution < -0.4 is 5.32 Å². The molecule has 4 nitrogen and oxygen atoms in total. The first kappa shape index (κ1) is 13.7. The van der Waals surface area contributed by atoms with Crippen molar-refractivity contribution in [2.24, 2.45) is 0 Å². The van der Waals surface area contributed by atoms with E-state index >= 15 is 0 Å². The predicted octanol–water partition coefficient (Wildman–Crippen LogP) is 2.57. The molecule has 1 N–H and O–H groups in total. The normalized spacial score (nSPS) is 12.5. The summed E-state index contributed by atoms with van der Waals surface area (Å²) in [6.07, 6.45) is 1.67. The second-order valence-corrected chi connectivity index (χ2v) is 4.50. The van der Waals surface area contributed by atoms with E-state index in [0.29, 0.717) is 24.0 Å². The van der Waals surface area contributed by atoms with Crippen LogP contribution in [0.2, 0.25) is 5.02 Å². The molecule has 0 saturated carbocycles. The molecular formula is C10H14BrClN2O2. The van der Waals surface area contributed by atoms with Gasteiger partial charge in [-0.2, -0.15) is 0 Å². The Bertz CT molecular complexity index is 339. The van der Waals surface area contributed by atoms with E-state index in [1.807, 2.05) is 0 Å². The fourth-order valence-corrected chi connectivity index (χ4v) is 1.85. The number of ether oxygens (including phenoxy) is 2. The van der Waals surface area contributed by atoms with Crippen molar-refractivity contribution < 1.29 is 9.47 Å². The summed E-state index contributed by atoms with van der Waals surface area (Å²) in [5, 5.41) is 3.68. The lowest BCUT2D eigenvalue weighted by molar-refractivity contribution is 0.0365. The van der Waals surface area contributed by atoms with E-state index < -0.39 is 0 Å². The molecular weight excluding hydrogens is 295 g/mol. The number of hydrogen-bond acceptors (Lipinski definition) is 4. The molecule has 1 unspecified atom stereocenters. The minimum Gasteiger partial charge on any atom is -0.382 e. The van der Waals surface area contributed by atoms with Gasteiger partial charge in [0.1, 0.15) is 5.82 Å². The number of rotatable bonds is 6. The molecule has 1 heterocycles. The van der Waals surface area contributed by atoms with Crippen molar-refractivity contribution in [1.29, 1.82) is 0 Å². The molecule has 0 aliphatic carbocycles. The highest BCUT2D eigenvalue weighted by atomic mass is 79.9.